The van der Waals surface area contributed by atoms with Crippen LogP contribution in [-0.2, 0) is 19.4 Å². The molecule has 0 radical (unpaired) electrons. The monoisotopic (exact) mass is 230 g/mol. The molecule has 1 aromatic carbocycles. The first kappa shape index (κ1) is 11.9. The minimum absolute atomic E-state index is 0.177. The Kier molecular flexibility index (Phi) is 3.94. The topological polar surface area (TPSA) is 38.0 Å². The first-order valence-electron chi connectivity index (χ1n) is 5.97. The third kappa shape index (κ3) is 3.17. The lowest BCUT2D eigenvalue weighted by molar-refractivity contribution is 0.295. The van der Waals surface area contributed by atoms with Crippen LogP contribution in [0.4, 0.5) is 0 Å². The van der Waals surface area contributed by atoms with Gasteiger partial charge in [0, 0.05) is 25.3 Å². The van der Waals surface area contributed by atoms with Crippen LogP contribution in [-0.4, -0.2) is 21.5 Å². The minimum atomic E-state index is 0.177. The first-order valence-corrected chi connectivity index (χ1v) is 5.97. The number of hydrogen-bond donors (Lipinski definition) is 1. The van der Waals surface area contributed by atoms with Gasteiger partial charge in [-0.15, -0.1) is 0 Å². The van der Waals surface area contributed by atoms with E-state index in [-0.39, 0.29) is 6.61 Å². The molecule has 3 heteroatoms. The second-order valence-corrected chi connectivity index (χ2v) is 4.21. The Labute approximate surface area is 102 Å². The van der Waals surface area contributed by atoms with Gasteiger partial charge in [0.15, 0.2) is 0 Å². The van der Waals surface area contributed by atoms with Crippen molar-refractivity contribution >= 4 is 0 Å². The maximum atomic E-state index is 9.00. The number of benzene rings is 1. The van der Waals surface area contributed by atoms with E-state index in [2.05, 4.69) is 29.4 Å². The van der Waals surface area contributed by atoms with E-state index < -0.39 is 0 Å². The van der Waals surface area contributed by atoms with Crippen molar-refractivity contribution in [3.05, 3.63) is 53.3 Å². The first-order chi connectivity index (χ1) is 8.29. The fraction of sp³-hybridized carbons (Fsp3) is 0.357. The summed E-state index contributed by atoms with van der Waals surface area (Å²) < 4.78 is 2.00. The Hall–Kier alpha value is -1.61. The molecule has 0 aliphatic heterocycles. The Bertz CT molecular complexity index is 462. The highest BCUT2D eigenvalue weighted by molar-refractivity contribution is 5.15. The van der Waals surface area contributed by atoms with Gasteiger partial charge < -0.3 is 5.11 Å². The molecule has 0 atom stereocenters. The van der Waals surface area contributed by atoms with Gasteiger partial charge in [-0.2, -0.15) is 5.10 Å². The van der Waals surface area contributed by atoms with Gasteiger partial charge in [-0.05, 0) is 25.0 Å². The molecule has 17 heavy (non-hydrogen) atoms. The molecule has 0 spiro atoms. The van der Waals surface area contributed by atoms with Gasteiger partial charge in [0.2, 0.25) is 0 Å². The third-order valence-electron chi connectivity index (χ3n) is 2.81. The standard InChI is InChI=1S/C14H18N2O/c1-12-11-14(8-10-17)16(15-12)9-7-13-5-3-2-4-6-13/h2-6,11,17H,7-10H2,1H3. The smallest absolute Gasteiger partial charge is 0.0596 e. The molecule has 0 unspecified atom stereocenters. The molecular weight excluding hydrogens is 212 g/mol. The van der Waals surface area contributed by atoms with E-state index in [0.29, 0.717) is 6.42 Å². The van der Waals surface area contributed by atoms with Crippen molar-refractivity contribution in [2.75, 3.05) is 6.61 Å². The van der Waals surface area contributed by atoms with Crippen molar-refractivity contribution in [2.24, 2.45) is 0 Å². The second kappa shape index (κ2) is 5.64. The van der Waals surface area contributed by atoms with Crippen LogP contribution >= 0.6 is 0 Å². The fourth-order valence-electron chi connectivity index (χ4n) is 1.99. The molecule has 2 aromatic rings. The molecule has 0 saturated carbocycles. The van der Waals surface area contributed by atoms with Crippen molar-refractivity contribution in [2.45, 2.75) is 26.3 Å². The summed E-state index contributed by atoms with van der Waals surface area (Å²) in [4.78, 5) is 0. The van der Waals surface area contributed by atoms with Crippen LogP contribution in [0, 0.1) is 6.92 Å². The third-order valence-corrected chi connectivity index (χ3v) is 2.81. The maximum Gasteiger partial charge on any atom is 0.0596 e. The lowest BCUT2D eigenvalue weighted by Crippen LogP contribution is -2.08. The predicted octanol–water partition coefficient (Wildman–Crippen LogP) is 1.97. The number of aryl methyl sites for hydroxylation is 3. The molecular formula is C14H18N2O. The van der Waals surface area contributed by atoms with Gasteiger partial charge in [-0.25, -0.2) is 0 Å². The largest absolute Gasteiger partial charge is 0.396 e. The number of aliphatic hydroxyl groups excluding tert-OH is 1. The summed E-state index contributed by atoms with van der Waals surface area (Å²) in [5.74, 6) is 0. The maximum absolute atomic E-state index is 9.00. The van der Waals surface area contributed by atoms with Crippen molar-refractivity contribution in [1.82, 2.24) is 9.78 Å². The number of nitrogens with zero attached hydrogens (tertiary/aromatic N) is 2. The van der Waals surface area contributed by atoms with E-state index in [1.807, 2.05) is 23.7 Å². The molecule has 0 bridgehead atoms. The summed E-state index contributed by atoms with van der Waals surface area (Å²) >= 11 is 0. The zero-order valence-electron chi connectivity index (χ0n) is 10.1. The van der Waals surface area contributed by atoms with E-state index in [1.54, 1.807) is 0 Å². The summed E-state index contributed by atoms with van der Waals surface area (Å²) in [5, 5.41) is 13.4. The Morgan fingerprint density at radius 2 is 1.94 bits per heavy atom. The summed E-state index contributed by atoms with van der Waals surface area (Å²) in [5.41, 5.74) is 3.44. The lowest BCUT2D eigenvalue weighted by atomic mass is 10.1. The SMILES string of the molecule is Cc1cc(CCO)n(CCc2ccccc2)n1. The molecule has 0 saturated heterocycles. The van der Waals surface area contributed by atoms with E-state index in [1.165, 1.54) is 5.56 Å². The molecule has 1 aromatic heterocycles. The average Bonchev–Trinajstić information content (AvgIpc) is 2.69. The van der Waals surface area contributed by atoms with Crippen LogP contribution in [0.15, 0.2) is 36.4 Å². The van der Waals surface area contributed by atoms with Crippen LogP contribution in [0.5, 0.6) is 0 Å². The molecule has 0 amide bonds. The summed E-state index contributed by atoms with van der Waals surface area (Å²) in [7, 11) is 0. The van der Waals surface area contributed by atoms with Gasteiger partial charge in [0.25, 0.3) is 0 Å². The second-order valence-electron chi connectivity index (χ2n) is 4.21. The van der Waals surface area contributed by atoms with Gasteiger partial charge in [-0.3, -0.25) is 4.68 Å². The molecule has 1 N–H and O–H groups in total. The normalized spacial score (nSPS) is 10.7. The summed E-state index contributed by atoms with van der Waals surface area (Å²) in [6, 6.07) is 12.4. The predicted molar refractivity (Wildman–Crippen MR) is 67.9 cm³/mol. The van der Waals surface area contributed by atoms with Crippen LogP contribution in [0.25, 0.3) is 0 Å². The molecule has 0 aliphatic rings. The van der Waals surface area contributed by atoms with Gasteiger partial charge in [0.1, 0.15) is 0 Å². The Balaban J connectivity index is 2.03. The molecule has 3 nitrogen and oxygen atoms in total. The Morgan fingerprint density at radius 1 is 1.18 bits per heavy atom. The fourth-order valence-corrected chi connectivity index (χ4v) is 1.99. The quantitative estimate of drug-likeness (QED) is 0.852. The lowest BCUT2D eigenvalue weighted by Gasteiger charge is -2.06. The summed E-state index contributed by atoms with van der Waals surface area (Å²) in [6.07, 6.45) is 1.65. The van der Waals surface area contributed by atoms with Crippen molar-refractivity contribution in [3.8, 4) is 0 Å². The molecule has 1 heterocycles. The highest BCUT2D eigenvalue weighted by Crippen LogP contribution is 2.07. The average molecular weight is 230 g/mol. The van der Waals surface area contributed by atoms with E-state index in [9.17, 15) is 0 Å². The number of hydrogen-bond acceptors (Lipinski definition) is 2. The number of aliphatic hydroxyl groups is 1. The van der Waals surface area contributed by atoms with Crippen LogP contribution < -0.4 is 0 Å². The zero-order valence-corrected chi connectivity index (χ0v) is 10.1. The van der Waals surface area contributed by atoms with Crippen molar-refractivity contribution in [3.63, 3.8) is 0 Å². The van der Waals surface area contributed by atoms with Crippen LogP contribution in [0.2, 0.25) is 0 Å². The highest BCUT2D eigenvalue weighted by atomic mass is 16.3. The summed E-state index contributed by atoms with van der Waals surface area (Å²) in [6.45, 7) is 3.03. The molecule has 2 rings (SSSR count). The highest BCUT2D eigenvalue weighted by Gasteiger charge is 2.04. The molecule has 90 valence electrons. The molecule has 0 aliphatic carbocycles. The van der Waals surface area contributed by atoms with Crippen LogP contribution in [0.1, 0.15) is 17.0 Å². The minimum Gasteiger partial charge on any atom is -0.396 e. The zero-order chi connectivity index (χ0) is 12.1. The molecule has 0 fully saturated rings. The van der Waals surface area contributed by atoms with E-state index >= 15 is 0 Å². The van der Waals surface area contributed by atoms with Crippen molar-refractivity contribution < 1.29 is 5.11 Å². The Morgan fingerprint density at radius 3 is 2.65 bits per heavy atom. The van der Waals surface area contributed by atoms with Crippen LogP contribution in [0.3, 0.4) is 0 Å². The van der Waals surface area contributed by atoms with Gasteiger partial charge in [0.05, 0.1) is 5.69 Å². The number of rotatable bonds is 5. The van der Waals surface area contributed by atoms with Crippen molar-refractivity contribution in [1.29, 1.82) is 0 Å². The van der Waals surface area contributed by atoms with E-state index in [4.69, 9.17) is 5.11 Å². The van der Waals surface area contributed by atoms with Gasteiger partial charge >= 0.3 is 0 Å². The number of aromatic nitrogens is 2. The van der Waals surface area contributed by atoms with Gasteiger partial charge in [-0.1, -0.05) is 30.3 Å². The van der Waals surface area contributed by atoms with E-state index in [0.717, 1.165) is 24.4 Å².